The second-order valence-electron chi connectivity index (χ2n) is 8.49. The Hall–Kier alpha value is -2.36. The van der Waals surface area contributed by atoms with Gasteiger partial charge in [-0.25, -0.2) is 0 Å². The number of benzene rings is 1. The first-order chi connectivity index (χ1) is 15.6. The molecule has 1 fully saturated rings. The van der Waals surface area contributed by atoms with E-state index in [1.165, 1.54) is 21.0 Å². The number of methoxy groups -OCH3 is 2. The highest BCUT2D eigenvalue weighted by Gasteiger charge is 2.40. The second kappa shape index (κ2) is 12.2. The van der Waals surface area contributed by atoms with Gasteiger partial charge in [-0.15, -0.1) is 0 Å². The molecule has 1 aliphatic rings. The molecule has 0 spiro atoms. The van der Waals surface area contributed by atoms with Gasteiger partial charge in [-0.3, -0.25) is 9.59 Å². The summed E-state index contributed by atoms with van der Waals surface area (Å²) in [5.41, 5.74) is 2.23. The van der Waals surface area contributed by atoms with Crippen LogP contribution in [0.4, 0.5) is 0 Å². The Bertz CT molecular complexity index is 805. The SMILES string of the molecule is COc1cc(OC2OC(C(COC(C)=O)OC(C)=O)COC2OC)cc(C(C)C)c1C(C)C. The molecule has 0 aromatic heterocycles. The van der Waals surface area contributed by atoms with Crippen LogP contribution in [0.1, 0.15) is 64.5 Å². The second-order valence-corrected chi connectivity index (χ2v) is 8.49. The van der Waals surface area contributed by atoms with Crippen molar-refractivity contribution in [2.75, 3.05) is 27.4 Å². The van der Waals surface area contributed by atoms with Crippen LogP contribution in [0.5, 0.6) is 11.5 Å². The standard InChI is InChI=1S/C24H36O9/c1-13(2)18-9-17(10-19(27-7)22(18)14(3)4)32-24-23(28-8)30-12-21(33-24)20(31-16(6)26)11-29-15(5)25/h9-10,13-14,20-21,23-24H,11-12H2,1-8H3. The van der Waals surface area contributed by atoms with Crippen molar-refractivity contribution in [3.8, 4) is 11.5 Å². The van der Waals surface area contributed by atoms with E-state index >= 15 is 0 Å². The lowest BCUT2D eigenvalue weighted by Crippen LogP contribution is -2.53. The van der Waals surface area contributed by atoms with Gasteiger partial charge >= 0.3 is 11.9 Å². The summed E-state index contributed by atoms with van der Waals surface area (Å²) in [6.45, 7) is 10.9. The number of ether oxygens (including phenoxy) is 7. The van der Waals surface area contributed by atoms with E-state index in [1.54, 1.807) is 7.11 Å². The van der Waals surface area contributed by atoms with E-state index in [9.17, 15) is 9.59 Å². The van der Waals surface area contributed by atoms with E-state index < -0.39 is 36.7 Å². The summed E-state index contributed by atoms with van der Waals surface area (Å²) >= 11 is 0. The van der Waals surface area contributed by atoms with Crippen molar-refractivity contribution in [1.29, 1.82) is 0 Å². The summed E-state index contributed by atoms with van der Waals surface area (Å²) in [6.07, 6.45) is -3.37. The van der Waals surface area contributed by atoms with Crippen molar-refractivity contribution in [3.63, 3.8) is 0 Å². The lowest BCUT2D eigenvalue weighted by Gasteiger charge is -2.38. The van der Waals surface area contributed by atoms with E-state index in [0.29, 0.717) is 5.75 Å². The number of hydrogen-bond donors (Lipinski definition) is 0. The van der Waals surface area contributed by atoms with Crippen LogP contribution in [0.25, 0.3) is 0 Å². The molecule has 1 aliphatic heterocycles. The zero-order chi connectivity index (χ0) is 24.7. The van der Waals surface area contributed by atoms with Gasteiger partial charge in [0.2, 0.25) is 6.29 Å². The third-order valence-corrected chi connectivity index (χ3v) is 5.19. The third kappa shape index (κ3) is 7.31. The van der Waals surface area contributed by atoms with Gasteiger partial charge in [-0.1, -0.05) is 27.7 Å². The van der Waals surface area contributed by atoms with Gasteiger partial charge in [-0.2, -0.15) is 0 Å². The molecule has 4 atom stereocenters. The predicted octanol–water partition coefficient (Wildman–Crippen LogP) is 3.53. The molecule has 1 heterocycles. The van der Waals surface area contributed by atoms with E-state index in [2.05, 4.69) is 27.7 Å². The van der Waals surface area contributed by atoms with Crippen LogP contribution in [-0.2, 0) is 33.3 Å². The van der Waals surface area contributed by atoms with Crippen LogP contribution >= 0.6 is 0 Å². The Labute approximate surface area is 195 Å². The fourth-order valence-electron chi connectivity index (χ4n) is 3.72. The van der Waals surface area contributed by atoms with Gasteiger partial charge < -0.3 is 33.2 Å². The average Bonchev–Trinajstić information content (AvgIpc) is 2.75. The van der Waals surface area contributed by atoms with Gasteiger partial charge in [0.25, 0.3) is 6.29 Å². The first-order valence-corrected chi connectivity index (χ1v) is 11.1. The van der Waals surface area contributed by atoms with Gasteiger partial charge in [0.05, 0.1) is 13.7 Å². The van der Waals surface area contributed by atoms with Crippen LogP contribution in [0.3, 0.4) is 0 Å². The maximum absolute atomic E-state index is 11.6. The minimum Gasteiger partial charge on any atom is -0.496 e. The number of esters is 2. The third-order valence-electron chi connectivity index (χ3n) is 5.19. The Morgan fingerprint density at radius 1 is 1.03 bits per heavy atom. The Morgan fingerprint density at radius 3 is 2.24 bits per heavy atom. The summed E-state index contributed by atoms with van der Waals surface area (Å²) in [6, 6.07) is 3.77. The molecule has 186 valence electrons. The molecule has 1 aromatic carbocycles. The van der Waals surface area contributed by atoms with E-state index in [-0.39, 0.29) is 25.0 Å². The topological polar surface area (TPSA) is 98.8 Å². The molecule has 0 N–H and O–H groups in total. The summed E-state index contributed by atoms with van der Waals surface area (Å²) < 4.78 is 39.3. The van der Waals surface area contributed by atoms with Crippen LogP contribution < -0.4 is 9.47 Å². The van der Waals surface area contributed by atoms with Crippen molar-refractivity contribution in [2.24, 2.45) is 0 Å². The molecule has 0 amide bonds. The molecule has 2 rings (SSSR count). The highest BCUT2D eigenvalue weighted by atomic mass is 16.8. The fourth-order valence-corrected chi connectivity index (χ4v) is 3.72. The zero-order valence-corrected chi connectivity index (χ0v) is 20.7. The molecule has 1 saturated heterocycles. The normalized spacial score (nSPS) is 21.6. The molecule has 4 unspecified atom stereocenters. The minimum absolute atomic E-state index is 0.0600. The Kier molecular flexibility index (Phi) is 9.94. The maximum atomic E-state index is 11.6. The molecule has 1 aromatic rings. The largest absolute Gasteiger partial charge is 0.496 e. The highest BCUT2D eigenvalue weighted by molar-refractivity contribution is 5.67. The molecule has 0 aliphatic carbocycles. The van der Waals surface area contributed by atoms with Crippen molar-refractivity contribution in [2.45, 2.75) is 78.2 Å². The molecule has 0 radical (unpaired) electrons. The predicted molar refractivity (Wildman–Crippen MR) is 119 cm³/mol. The molecule has 9 nitrogen and oxygen atoms in total. The number of carbonyl (C=O) groups excluding carboxylic acids is 2. The van der Waals surface area contributed by atoms with Crippen LogP contribution in [-0.4, -0.2) is 64.2 Å². The maximum Gasteiger partial charge on any atom is 0.303 e. The highest BCUT2D eigenvalue weighted by Crippen LogP contribution is 2.38. The van der Waals surface area contributed by atoms with Crippen LogP contribution in [0, 0.1) is 0 Å². The molecular weight excluding hydrogens is 432 g/mol. The zero-order valence-electron chi connectivity index (χ0n) is 20.7. The quantitative estimate of drug-likeness (QED) is 0.478. The van der Waals surface area contributed by atoms with E-state index in [4.69, 9.17) is 33.2 Å². The van der Waals surface area contributed by atoms with Crippen molar-refractivity contribution in [1.82, 2.24) is 0 Å². The van der Waals surface area contributed by atoms with Gasteiger partial charge in [-0.05, 0) is 23.5 Å². The Morgan fingerprint density at radius 2 is 1.73 bits per heavy atom. The summed E-state index contributed by atoms with van der Waals surface area (Å²) in [4.78, 5) is 22.8. The smallest absolute Gasteiger partial charge is 0.303 e. The van der Waals surface area contributed by atoms with Gasteiger partial charge in [0.15, 0.2) is 6.10 Å². The molecule has 0 bridgehead atoms. The van der Waals surface area contributed by atoms with Gasteiger partial charge in [0, 0.05) is 32.6 Å². The first kappa shape index (κ1) is 26.9. The summed E-state index contributed by atoms with van der Waals surface area (Å²) in [5, 5.41) is 0. The van der Waals surface area contributed by atoms with Crippen molar-refractivity contribution >= 4 is 11.9 Å². The molecule has 33 heavy (non-hydrogen) atoms. The molecular formula is C24H36O9. The number of hydrogen-bond acceptors (Lipinski definition) is 9. The number of carbonyl (C=O) groups is 2. The van der Waals surface area contributed by atoms with Crippen LogP contribution in [0.2, 0.25) is 0 Å². The lowest BCUT2D eigenvalue weighted by molar-refractivity contribution is -0.325. The molecule has 9 heteroatoms. The van der Waals surface area contributed by atoms with E-state index in [0.717, 1.165) is 16.9 Å². The first-order valence-electron chi connectivity index (χ1n) is 11.1. The Balaban J connectivity index is 2.30. The number of rotatable bonds is 10. The van der Waals surface area contributed by atoms with Crippen LogP contribution in [0.15, 0.2) is 12.1 Å². The summed E-state index contributed by atoms with van der Waals surface area (Å²) in [7, 11) is 3.11. The molecule has 0 saturated carbocycles. The van der Waals surface area contributed by atoms with Crippen molar-refractivity contribution < 1.29 is 42.7 Å². The average molecular weight is 469 g/mol. The van der Waals surface area contributed by atoms with Crippen molar-refractivity contribution in [3.05, 3.63) is 23.3 Å². The summed E-state index contributed by atoms with van der Waals surface area (Å²) in [5.74, 6) is 0.734. The minimum atomic E-state index is -0.959. The lowest BCUT2D eigenvalue weighted by atomic mass is 9.89. The monoisotopic (exact) mass is 468 g/mol. The van der Waals surface area contributed by atoms with Gasteiger partial charge in [0.1, 0.15) is 24.2 Å². The fraction of sp³-hybridized carbons (Fsp3) is 0.667. The van der Waals surface area contributed by atoms with E-state index in [1.807, 2.05) is 12.1 Å².